The van der Waals surface area contributed by atoms with Gasteiger partial charge in [0.2, 0.25) is 5.91 Å². The Labute approximate surface area is 226 Å². The summed E-state index contributed by atoms with van der Waals surface area (Å²) in [6, 6.07) is 30.8. The quantitative estimate of drug-likeness (QED) is 0.184. The lowest BCUT2D eigenvalue weighted by atomic mass is 9.95. The van der Waals surface area contributed by atoms with Gasteiger partial charge in [-0.2, -0.15) is 0 Å². The van der Waals surface area contributed by atoms with Crippen LogP contribution >= 0.6 is 0 Å². The van der Waals surface area contributed by atoms with Gasteiger partial charge in [-0.25, -0.2) is 0 Å². The SMILES string of the molecule is CC(=O)CCCCc1cc(CC(=O)N(C)CCc2ccccc2)c2cccc(OCc3ccccc3)c2c1. The van der Waals surface area contributed by atoms with Crippen molar-refractivity contribution in [3.8, 4) is 5.75 Å². The molecule has 4 aromatic rings. The Kier molecular flexibility index (Phi) is 9.69. The number of rotatable bonds is 13. The average molecular weight is 508 g/mol. The molecule has 0 atom stereocenters. The fraction of sp³-hybridized carbons (Fsp3) is 0.294. The lowest BCUT2D eigenvalue weighted by Crippen LogP contribution is -2.30. The van der Waals surface area contributed by atoms with Gasteiger partial charge in [0.25, 0.3) is 0 Å². The molecule has 0 heterocycles. The number of Topliss-reactive ketones (excluding diaryl/α,β-unsaturated/α-hetero) is 1. The molecular weight excluding hydrogens is 470 g/mol. The normalized spacial score (nSPS) is 10.9. The summed E-state index contributed by atoms with van der Waals surface area (Å²) in [5.74, 6) is 1.15. The van der Waals surface area contributed by atoms with Crippen LogP contribution in [0.5, 0.6) is 5.75 Å². The summed E-state index contributed by atoms with van der Waals surface area (Å²) in [4.78, 5) is 26.5. The van der Waals surface area contributed by atoms with Crippen molar-refractivity contribution in [2.75, 3.05) is 13.6 Å². The second-order valence-electron chi connectivity index (χ2n) is 10.0. The van der Waals surface area contributed by atoms with Crippen molar-refractivity contribution in [2.24, 2.45) is 0 Å². The molecule has 4 nitrogen and oxygen atoms in total. The van der Waals surface area contributed by atoms with E-state index < -0.39 is 0 Å². The molecular formula is C34H37NO3. The molecule has 1 amide bonds. The standard InChI is InChI=1S/C34H37NO3/c1-26(36)12-9-10-17-29-22-30(24-34(37)35(2)21-20-27-13-5-3-6-14-27)31-18-11-19-33(32(31)23-29)38-25-28-15-7-4-8-16-28/h3-8,11,13-16,18-19,22-23H,9-10,12,17,20-21,24-25H2,1-2H3. The second-order valence-corrected chi connectivity index (χ2v) is 10.0. The van der Waals surface area contributed by atoms with Gasteiger partial charge in [-0.3, -0.25) is 4.79 Å². The molecule has 0 spiro atoms. The smallest absolute Gasteiger partial charge is 0.226 e. The highest BCUT2D eigenvalue weighted by atomic mass is 16.5. The largest absolute Gasteiger partial charge is 0.488 e. The van der Waals surface area contributed by atoms with Gasteiger partial charge in [0.05, 0.1) is 6.42 Å². The van der Waals surface area contributed by atoms with Crippen LogP contribution in [0.15, 0.2) is 91.0 Å². The second kappa shape index (κ2) is 13.6. The minimum absolute atomic E-state index is 0.103. The third-order valence-electron chi connectivity index (χ3n) is 6.93. The van der Waals surface area contributed by atoms with Crippen molar-refractivity contribution >= 4 is 22.5 Å². The summed E-state index contributed by atoms with van der Waals surface area (Å²) in [6.07, 6.45) is 4.44. The first-order valence-corrected chi connectivity index (χ1v) is 13.5. The molecule has 0 bridgehead atoms. The molecule has 4 rings (SSSR count). The topological polar surface area (TPSA) is 46.6 Å². The summed E-state index contributed by atoms with van der Waals surface area (Å²) in [6.45, 7) is 2.81. The summed E-state index contributed by atoms with van der Waals surface area (Å²) in [5, 5.41) is 2.08. The molecule has 0 aromatic heterocycles. The number of ketones is 1. The monoisotopic (exact) mass is 507 g/mol. The number of fused-ring (bicyclic) bond motifs is 1. The predicted molar refractivity (Wildman–Crippen MR) is 154 cm³/mol. The highest BCUT2D eigenvalue weighted by Gasteiger charge is 2.15. The minimum Gasteiger partial charge on any atom is -0.488 e. The molecule has 0 saturated carbocycles. The van der Waals surface area contributed by atoms with Crippen LogP contribution in [0.2, 0.25) is 0 Å². The molecule has 0 saturated heterocycles. The van der Waals surface area contributed by atoms with Gasteiger partial charge in [0.15, 0.2) is 0 Å². The molecule has 0 fully saturated rings. The van der Waals surface area contributed by atoms with Crippen molar-refractivity contribution in [1.29, 1.82) is 0 Å². The third kappa shape index (κ3) is 7.79. The van der Waals surface area contributed by atoms with E-state index in [4.69, 9.17) is 4.74 Å². The molecule has 0 unspecified atom stereocenters. The number of likely N-dealkylation sites (N-methyl/N-ethyl adjacent to an activating group) is 1. The molecule has 0 N–H and O–H groups in total. The van der Waals surface area contributed by atoms with E-state index in [0.717, 1.165) is 53.3 Å². The maximum atomic E-state index is 13.3. The Morgan fingerprint density at radius 1 is 0.737 bits per heavy atom. The highest BCUT2D eigenvalue weighted by molar-refractivity contribution is 5.94. The lowest BCUT2D eigenvalue weighted by molar-refractivity contribution is -0.129. The van der Waals surface area contributed by atoms with Gasteiger partial charge in [0.1, 0.15) is 18.1 Å². The number of benzene rings is 4. The number of hydrogen-bond acceptors (Lipinski definition) is 3. The Balaban J connectivity index is 1.55. The molecule has 0 aliphatic carbocycles. The van der Waals surface area contributed by atoms with Gasteiger partial charge in [-0.15, -0.1) is 0 Å². The molecule has 0 aliphatic heterocycles. The third-order valence-corrected chi connectivity index (χ3v) is 6.93. The van der Waals surface area contributed by atoms with E-state index in [1.165, 1.54) is 11.1 Å². The van der Waals surface area contributed by atoms with Crippen molar-refractivity contribution < 1.29 is 14.3 Å². The van der Waals surface area contributed by atoms with Crippen molar-refractivity contribution in [2.45, 2.75) is 52.1 Å². The van der Waals surface area contributed by atoms with E-state index >= 15 is 0 Å². The van der Waals surface area contributed by atoms with Crippen LogP contribution in [0.4, 0.5) is 0 Å². The van der Waals surface area contributed by atoms with E-state index in [-0.39, 0.29) is 11.7 Å². The first-order chi connectivity index (χ1) is 18.5. The Hall–Kier alpha value is -3.92. The highest BCUT2D eigenvalue weighted by Crippen LogP contribution is 2.31. The van der Waals surface area contributed by atoms with Crippen molar-refractivity contribution in [1.82, 2.24) is 4.90 Å². The Morgan fingerprint density at radius 3 is 2.16 bits per heavy atom. The van der Waals surface area contributed by atoms with Gasteiger partial charge < -0.3 is 14.4 Å². The van der Waals surface area contributed by atoms with Gasteiger partial charge in [-0.1, -0.05) is 78.9 Å². The predicted octanol–water partition coefficient (Wildman–Crippen LogP) is 6.96. The molecule has 4 heteroatoms. The fourth-order valence-electron chi connectivity index (χ4n) is 4.72. The number of hydrogen-bond donors (Lipinski definition) is 0. The first kappa shape index (κ1) is 27.1. The summed E-state index contributed by atoms with van der Waals surface area (Å²) in [5.41, 5.74) is 4.53. The number of carbonyl (C=O) groups is 2. The van der Waals surface area contributed by atoms with Gasteiger partial charge in [-0.05, 0) is 72.4 Å². The van der Waals surface area contributed by atoms with E-state index in [0.29, 0.717) is 26.0 Å². The molecule has 4 aromatic carbocycles. The molecule has 0 radical (unpaired) electrons. The Bertz CT molecular complexity index is 1350. The van der Waals surface area contributed by atoms with Crippen LogP contribution in [0, 0.1) is 0 Å². The number of ether oxygens (including phenoxy) is 1. The summed E-state index contributed by atoms with van der Waals surface area (Å²) < 4.78 is 6.27. The molecule has 0 aliphatic rings. The zero-order valence-corrected chi connectivity index (χ0v) is 22.5. The van der Waals surface area contributed by atoms with E-state index in [9.17, 15) is 9.59 Å². The lowest BCUT2D eigenvalue weighted by Gasteiger charge is -2.19. The van der Waals surface area contributed by atoms with Crippen LogP contribution in [0.3, 0.4) is 0 Å². The van der Waals surface area contributed by atoms with Crippen LogP contribution in [0.25, 0.3) is 10.8 Å². The first-order valence-electron chi connectivity index (χ1n) is 13.5. The van der Waals surface area contributed by atoms with Crippen LogP contribution in [-0.2, 0) is 35.5 Å². The van der Waals surface area contributed by atoms with Crippen LogP contribution in [-0.4, -0.2) is 30.2 Å². The molecule has 196 valence electrons. The summed E-state index contributed by atoms with van der Waals surface area (Å²) >= 11 is 0. The zero-order chi connectivity index (χ0) is 26.7. The number of unbranched alkanes of at least 4 members (excludes halogenated alkanes) is 1. The van der Waals surface area contributed by atoms with Crippen molar-refractivity contribution in [3.05, 3.63) is 113 Å². The fourth-order valence-corrected chi connectivity index (χ4v) is 4.72. The maximum Gasteiger partial charge on any atom is 0.226 e. The molecule has 38 heavy (non-hydrogen) atoms. The summed E-state index contributed by atoms with van der Waals surface area (Å²) in [7, 11) is 1.88. The minimum atomic E-state index is 0.103. The van der Waals surface area contributed by atoms with Gasteiger partial charge in [0, 0.05) is 25.4 Å². The van der Waals surface area contributed by atoms with Crippen LogP contribution < -0.4 is 4.74 Å². The number of carbonyl (C=O) groups excluding carboxylic acids is 2. The number of aryl methyl sites for hydroxylation is 1. The van der Waals surface area contributed by atoms with Gasteiger partial charge >= 0.3 is 0 Å². The number of nitrogens with zero attached hydrogens (tertiary/aromatic N) is 1. The Morgan fingerprint density at radius 2 is 1.45 bits per heavy atom. The van der Waals surface area contributed by atoms with E-state index in [2.05, 4.69) is 42.5 Å². The van der Waals surface area contributed by atoms with E-state index in [1.807, 2.05) is 60.5 Å². The average Bonchev–Trinajstić information content (AvgIpc) is 2.94. The van der Waals surface area contributed by atoms with Crippen molar-refractivity contribution in [3.63, 3.8) is 0 Å². The number of amides is 1. The van der Waals surface area contributed by atoms with E-state index in [1.54, 1.807) is 6.92 Å². The van der Waals surface area contributed by atoms with Crippen LogP contribution in [0.1, 0.15) is 48.4 Å². The maximum absolute atomic E-state index is 13.3. The zero-order valence-electron chi connectivity index (χ0n) is 22.5.